The van der Waals surface area contributed by atoms with Gasteiger partial charge in [-0.15, -0.1) is 0 Å². The Kier molecular flexibility index (Phi) is 5.82. The Morgan fingerprint density at radius 1 is 1.35 bits per heavy atom. The molecule has 7 heteroatoms. The zero-order valence-corrected chi connectivity index (χ0v) is 15.8. The van der Waals surface area contributed by atoms with E-state index >= 15 is 0 Å². The standard InChI is InChI=1S/C19H17ClN4OS/c1-2-9-24-17-8-7-14(20)10-16(17)23-19(24)26-12-18(25)22-15-6-4-3-5-13(15)11-21/h3-8,10H,2,9,12H2,1H3,(H,22,25). The molecule has 0 saturated carbocycles. The number of nitrogens with one attached hydrogen (secondary N) is 1. The van der Waals surface area contributed by atoms with E-state index in [-0.39, 0.29) is 11.7 Å². The molecule has 26 heavy (non-hydrogen) atoms. The number of rotatable bonds is 6. The van der Waals surface area contributed by atoms with Gasteiger partial charge in [0.15, 0.2) is 5.16 Å². The number of carbonyl (C=O) groups excluding carboxylic acids is 1. The molecule has 0 fully saturated rings. The van der Waals surface area contributed by atoms with Gasteiger partial charge in [0, 0.05) is 11.6 Å². The Bertz CT molecular complexity index is 993. The summed E-state index contributed by atoms with van der Waals surface area (Å²) in [4.78, 5) is 16.9. The molecule has 3 rings (SSSR count). The molecule has 0 bridgehead atoms. The second-order valence-corrected chi connectivity index (χ2v) is 7.05. The van der Waals surface area contributed by atoms with E-state index in [1.54, 1.807) is 24.3 Å². The number of benzene rings is 2. The van der Waals surface area contributed by atoms with Gasteiger partial charge in [-0.3, -0.25) is 4.79 Å². The van der Waals surface area contributed by atoms with Crippen molar-refractivity contribution in [2.75, 3.05) is 11.1 Å². The Morgan fingerprint density at radius 3 is 2.92 bits per heavy atom. The minimum Gasteiger partial charge on any atom is -0.324 e. The lowest BCUT2D eigenvalue weighted by molar-refractivity contribution is -0.113. The molecule has 0 atom stereocenters. The second kappa shape index (κ2) is 8.26. The fraction of sp³-hybridized carbons (Fsp3) is 0.211. The Balaban J connectivity index is 1.75. The zero-order chi connectivity index (χ0) is 18.5. The van der Waals surface area contributed by atoms with Crippen LogP contribution < -0.4 is 5.32 Å². The van der Waals surface area contributed by atoms with Crippen molar-refractivity contribution in [3.05, 3.63) is 53.1 Å². The number of aromatic nitrogens is 2. The van der Waals surface area contributed by atoms with Gasteiger partial charge in [0.1, 0.15) is 6.07 Å². The molecule has 0 unspecified atom stereocenters. The van der Waals surface area contributed by atoms with Crippen molar-refractivity contribution in [2.24, 2.45) is 0 Å². The van der Waals surface area contributed by atoms with Gasteiger partial charge in [-0.05, 0) is 36.8 Å². The predicted octanol–water partition coefficient (Wildman–Crippen LogP) is 4.70. The van der Waals surface area contributed by atoms with E-state index in [0.717, 1.165) is 29.2 Å². The first-order valence-electron chi connectivity index (χ1n) is 8.20. The molecule has 1 N–H and O–H groups in total. The van der Waals surface area contributed by atoms with E-state index in [1.807, 2.05) is 18.2 Å². The van der Waals surface area contributed by atoms with E-state index in [4.69, 9.17) is 16.9 Å². The molecular weight excluding hydrogens is 368 g/mol. The molecule has 0 aliphatic heterocycles. The predicted molar refractivity (Wildman–Crippen MR) is 106 cm³/mol. The van der Waals surface area contributed by atoms with Crippen molar-refractivity contribution in [3.8, 4) is 6.07 Å². The normalized spacial score (nSPS) is 10.7. The molecular formula is C19H17ClN4OS. The van der Waals surface area contributed by atoms with Gasteiger partial charge in [0.25, 0.3) is 0 Å². The monoisotopic (exact) mass is 384 g/mol. The van der Waals surface area contributed by atoms with E-state index in [2.05, 4.69) is 27.9 Å². The number of nitriles is 1. The maximum atomic E-state index is 12.3. The summed E-state index contributed by atoms with van der Waals surface area (Å²) in [5.41, 5.74) is 2.80. The van der Waals surface area contributed by atoms with Crippen molar-refractivity contribution in [1.82, 2.24) is 9.55 Å². The highest BCUT2D eigenvalue weighted by atomic mass is 35.5. The highest BCUT2D eigenvalue weighted by Crippen LogP contribution is 2.27. The van der Waals surface area contributed by atoms with Crippen LogP contribution in [0.2, 0.25) is 5.02 Å². The van der Waals surface area contributed by atoms with Crippen molar-refractivity contribution in [1.29, 1.82) is 5.26 Å². The molecule has 5 nitrogen and oxygen atoms in total. The topological polar surface area (TPSA) is 70.7 Å². The molecule has 3 aromatic rings. The fourth-order valence-corrected chi connectivity index (χ4v) is 3.64. The summed E-state index contributed by atoms with van der Waals surface area (Å²) in [5.74, 6) is 0.0337. The van der Waals surface area contributed by atoms with Gasteiger partial charge in [-0.2, -0.15) is 5.26 Å². The van der Waals surface area contributed by atoms with Crippen LogP contribution in [0.5, 0.6) is 0 Å². The summed E-state index contributed by atoms with van der Waals surface area (Å²) in [5, 5.41) is 13.3. The quantitative estimate of drug-likeness (QED) is 0.625. The van der Waals surface area contributed by atoms with Gasteiger partial charge in [0.05, 0.1) is 28.0 Å². The van der Waals surface area contributed by atoms with Crippen molar-refractivity contribution in [3.63, 3.8) is 0 Å². The molecule has 1 amide bonds. The molecule has 1 heterocycles. The number of amides is 1. The minimum absolute atomic E-state index is 0.175. The first kappa shape index (κ1) is 18.3. The summed E-state index contributed by atoms with van der Waals surface area (Å²) in [6.45, 7) is 2.92. The van der Waals surface area contributed by atoms with Crippen LogP contribution in [0.3, 0.4) is 0 Å². The molecule has 0 aliphatic carbocycles. The first-order chi connectivity index (χ1) is 12.6. The van der Waals surface area contributed by atoms with Gasteiger partial charge in [0.2, 0.25) is 5.91 Å². The Labute approximate surface area is 161 Å². The third-order valence-corrected chi connectivity index (χ3v) is 4.99. The summed E-state index contributed by atoms with van der Waals surface area (Å²) in [6, 6.07) is 14.6. The van der Waals surface area contributed by atoms with Crippen LogP contribution in [0.25, 0.3) is 11.0 Å². The third kappa shape index (κ3) is 4.01. The zero-order valence-electron chi connectivity index (χ0n) is 14.2. The molecule has 1 aromatic heterocycles. The first-order valence-corrected chi connectivity index (χ1v) is 9.56. The average molecular weight is 385 g/mol. The lowest BCUT2D eigenvalue weighted by Gasteiger charge is -2.08. The summed E-state index contributed by atoms with van der Waals surface area (Å²) < 4.78 is 2.10. The van der Waals surface area contributed by atoms with Crippen LogP contribution in [0.4, 0.5) is 5.69 Å². The SMILES string of the molecule is CCCn1c(SCC(=O)Nc2ccccc2C#N)nc2cc(Cl)ccc21. The summed E-state index contributed by atoms with van der Waals surface area (Å²) in [7, 11) is 0. The van der Waals surface area contributed by atoms with Gasteiger partial charge >= 0.3 is 0 Å². The maximum absolute atomic E-state index is 12.3. The van der Waals surface area contributed by atoms with Crippen molar-refractivity contribution in [2.45, 2.75) is 25.0 Å². The van der Waals surface area contributed by atoms with Crippen LogP contribution in [-0.2, 0) is 11.3 Å². The Morgan fingerprint density at radius 2 is 2.15 bits per heavy atom. The number of imidazole rings is 1. The number of thioether (sulfide) groups is 1. The van der Waals surface area contributed by atoms with Crippen molar-refractivity contribution < 1.29 is 4.79 Å². The van der Waals surface area contributed by atoms with E-state index in [0.29, 0.717) is 16.3 Å². The van der Waals surface area contributed by atoms with Crippen molar-refractivity contribution >= 4 is 46.0 Å². The summed E-state index contributed by atoms with van der Waals surface area (Å²) in [6.07, 6.45) is 0.962. The number of anilines is 1. The molecule has 0 spiro atoms. The highest BCUT2D eigenvalue weighted by molar-refractivity contribution is 7.99. The van der Waals surface area contributed by atoms with Crippen LogP contribution in [0, 0.1) is 11.3 Å². The largest absolute Gasteiger partial charge is 0.324 e. The fourth-order valence-electron chi connectivity index (χ4n) is 2.64. The van der Waals surface area contributed by atoms with Crippen LogP contribution >= 0.6 is 23.4 Å². The molecule has 132 valence electrons. The number of fused-ring (bicyclic) bond motifs is 1. The van der Waals surface area contributed by atoms with Crippen LogP contribution in [-0.4, -0.2) is 21.2 Å². The van der Waals surface area contributed by atoms with Crippen LogP contribution in [0.1, 0.15) is 18.9 Å². The van der Waals surface area contributed by atoms with Gasteiger partial charge in [-0.25, -0.2) is 4.98 Å². The number of para-hydroxylation sites is 1. The molecule has 2 aromatic carbocycles. The lowest BCUT2D eigenvalue weighted by atomic mass is 10.2. The average Bonchev–Trinajstić information content (AvgIpc) is 2.97. The number of nitrogens with zero attached hydrogens (tertiary/aromatic N) is 3. The van der Waals surface area contributed by atoms with Gasteiger partial charge in [-0.1, -0.05) is 42.4 Å². The third-order valence-electron chi connectivity index (χ3n) is 3.78. The number of halogens is 1. The van der Waals surface area contributed by atoms with E-state index in [9.17, 15) is 4.79 Å². The van der Waals surface area contributed by atoms with Crippen LogP contribution in [0.15, 0.2) is 47.6 Å². The lowest BCUT2D eigenvalue weighted by Crippen LogP contribution is -2.15. The minimum atomic E-state index is -0.175. The smallest absolute Gasteiger partial charge is 0.234 e. The van der Waals surface area contributed by atoms with Gasteiger partial charge < -0.3 is 9.88 Å². The molecule has 0 aliphatic rings. The summed E-state index contributed by atoms with van der Waals surface area (Å²) >= 11 is 7.43. The van der Waals surface area contributed by atoms with E-state index < -0.39 is 0 Å². The Hall–Kier alpha value is -2.49. The number of hydrogen-bond donors (Lipinski definition) is 1. The second-order valence-electron chi connectivity index (χ2n) is 5.67. The van der Waals surface area contributed by atoms with E-state index in [1.165, 1.54) is 11.8 Å². The number of carbonyl (C=O) groups is 1. The highest BCUT2D eigenvalue weighted by Gasteiger charge is 2.14. The number of aryl methyl sites for hydroxylation is 1. The molecule has 0 saturated heterocycles. The maximum Gasteiger partial charge on any atom is 0.234 e. The number of hydrogen-bond acceptors (Lipinski definition) is 4. The molecule has 0 radical (unpaired) electrons.